The van der Waals surface area contributed by atoms with Crippen LogP contribution in [-0.4, -0.2) is 124 Å². The summed E-state index contributed by atoms with van der Waals surface area (Å²) in [5.74, 6) is -0.0672. The number of primary amides is 1. The Labute approximate surface area is 320 Å². The Kier molecular flexibility index (Phi) is 10.1. The molecule has 5 aliphatic heterocycles. The van der Waals surface area contributed by atoms with E-state index in [9.17, 15) is 24.0 Å². The number of nitrogens with zero attached hydrogens (tertiary/aromatic N) is 7. The van der Waals surface area contributed by atoms with E-state index >= 15 is 0 Å². The predicted octanol–water partition coefficient (Wildman–Crippen LogP) is 2.84. The molecule has 4 saturated heterocycles. The van der Waals surface area contributed by atoms with Crippen LogP contribution in [0.15, 0.2) is 48.7 Å². The monoisotopic (exact) mass is 748 g/mol. The standard InChI is InChI=1S/C40H48N10O5/c1-46-18-19-49(40(46)55)29-8-5-17-48(23-29)33-20-42-35(36(41)52)37(44-33)43-28-12-10-25(11-13-28)27-21-47(22-27)16-3-2-6-26-7-4-9-30-31(26)24-50(39(30)54)32-14-15-34(51)45-38(32)53/h4,7,9-13,20,27,29,32H,2-3,5-6,8,14-19,21-24H2,1H3,(H2,41,52)(H,43,44)(H,45,51,53)/t29-,32?/m1/s1. The molecule has 0 spiro atoms. The maximum Gasteiger partial charge on any atom is 0.320 e. The molecule has 0 saturated carbocycles. The van der Waals surface area contributed by atoms with E-state index in [1.54, 1.807) is 16.0 Å². The fraction of sp³-hybridized carbons (Fsp3) is 0.475. The molecule has 2 atom stereocenters. The van der Waals surface area contributed by atoms with Gasteiger partial charge in [-0.2, -0.15) is 0 Å². The number of amides is 6. The number of urea groups is 1. The number of imide groups is 1. The van der Waals surface area contributed by atoms with Gasteiger partial charge in [0.2, 0.25) is 11.8 Å². The average Bonchev–Trinajstić information content (AvgIpc) is 3.68. The molecule has 5 aliphatic rings. The van der Waals surface area contributed by atoms with Gasteiger partial charge in [0.05, 0.1) is 12.2 Å². The number of rotatable bonds is 12. The lowest BCUT2D eigenvalue weighted by molar-refractivity contribution is -0.136. The molecule has 1 aromatic heterocycles. The molecule has 4 N–H and O–H groups in total. The van der Waals surface area contributed by atoms with Gasteiger partial charge in [-0.1, -0.05) is 24.3 Å². The van der Waals surface area contributed by atoms with Crippen LogP contribution in [0.1, 0.15) is 82.0 Å². The summed E-state index contributed by atoms with van der Waals surface area (Å²) in [6.45, 7) is 6.27. The van der Waals surface area contributed by atoms with Crippen molar-refractivity contribution in [2.75, 3.05) is 63.1 Å². The second kappa shape index (κ2) is 15.3. The number of likely N-dealkylation sites (N-methyl/N-ethyl adjacent to an activating group) is 1. The van der Waals surface area contributed by atoms with Gasteiger partial charge in [-0.05, 0) is 80.0 Å². The highest BCUT2D eigenvalue weighted by molar-refractivity contribution is 6.05. The third kappa shape index (κ3) is 7.44. The molecule has 288 valence electrons. The molecule has 8 rings (SSSR count). The number of hydrogen-bond donors (Lipinski definition) is 3. The van der Waals surface area contributed by atoms with E-state index in [4.69, 9.17) is 10.7 Å². The molecule has 0 bridgehead atoms. The Hall–Kier alpha value is -5.57. The number of benzene rings is 2. The number of likely N-dealkylation sites (tertiary alicyclic amines) is 1. The van der Waals surface area contributed by atoms with Crippen LogP contribution >= 0.6 is 0 Å². The number of aryl methyl sites for hydroxylation is 1. The van der Waals surface area contributed by atoms with Crippen molar-refractivity contribution in [2.24, 2.45) is 5.73 Å². The fourth-order valence-corrected chi connectivity index (χ4v) is 8.70. The second-order valence-corrected chi connectivity index (χ2v) is 15.4. The van der Waals surface area contributed by atoms with Crippen LogP contribution in [0.3, 0.4) is 0 Å². The fourth-order valence-electron chi connectivity index (χ4n) is 8.70. The van der Waals surface area contributed by atoms with Gasteiger partial charge in [-0.25, -0.2) is 14.8 Å². The summed E-state index contributed by atoms with van der Waals surface area (Å²) < 4.78 is 0. The lowest BCUT2D eigenvalue weighted by Gasteiger charge is -2.39. The summed E-state index contributed by atoms with van der Waals surface area (Å²) in [7, 11) is 1.83. The number of fused-ring (bicyclic) bond motifs is 1. The zero-order valence-electron chi connectivity index (χ0n) is 31.2. The third-order valence-electron chi connectivity index (χ3n) is 11.9. The molecule has 3 aromatic rings. The predicted molar refractivity (Wildman–Crippen MR) is 205 cm³/mol. The first-order chi connectivity index (χ1) is 26.6. The van der Waals surface area contributed by atoms with Gasteiger partial charge < -0.3 is 35.6 Å². The average molecular weight is 749 g/mol. The van der Waals surface area contributed by atoms with Gasteiger partial charge in [0, 0.05) is 76.5 Å². The molecule has 15 heteroatoms. The zero-order valence-corrected chi connectivity index (χ0v) is 31.2. The minimum absolute atomic E-state index is 0.0632. The molecular formula is C40H48N10O5. The Morgan fingerprint density at radius 1 is 0.964 bits per heavy atom. The quantitative estimate of drug-likeness (QED) is 0.184. The van der Waals surface area contributed by atoms with Crippen molar-refractivity contribution in [3.05, 3.63) is 76.6 Å². The normalized spacial score (nSPS) is 21.9. The van der Waals surface area contributed by atoms with Crippen LogP contribution in [0.2, 0.25) is 0 Å². The van der Waals surface area contributed by atoms with Crippen LogP contribution < -0.4 is 21.3 Å². The molecule has 0 radical (unpaired) electrons. The molecule has 55 heavy (non-hydrogen) atoms. The Morgan fingerprint density at radius 2 is 1.78 bits per heavy atom. The molecule has 6 amide bonds. The number of nitrogens with one attached hydrogen (secondary N) is 2. The third-order valence-corrected chi connectivity index (χ3v) is 11.9. The SMILES string of the molecule is CN1CCN([C@@H]2CCCN(c3cnc(C(N)=O)c(Nc4ccc(C5CN(CCCCc6cccc7c6CN(C6CCC(=O)NC6=O)C7=O)C5)cc4)n3)C2)C1=O. The van der Waals surface area contributed by atoms with Crippen LogP contribution in [0.4, 0.5) is 22.1 Å². The highest BCUT2D eigenvalue weighted by Gasteiger charge is 2.40. The number of nitrogens with two attached hydrogens (primary N) is 1. The number of carbonyl (C=O) groups excluding carboxylic acids is 5. The Balaban J connectivity index is 0.814. The van der Waals surface area contributed by atoms with Crippen molar-refractivity contribution in [1.82, 2.24) is 34.9 Å². The van der Waals surface area contributed by atoms with Crippen LogP contribution in [0.25, 0.3) is 0 Å². The number of hydrogen-bond acceptors (Lipinski definition) is 10. The van der Waals surface area contributed by atoms with Crippen molar-refractivity contribution in [3.63, 3.8) is 0 Å². The number of piperidine rings is 2. The minimum Gasteiger partial charge on any atom is -0.364 e. The maximum atomic E-state index is 13.2. The number of unbranched alkanes of at least 4 members (excludes halogenated alkanes) is 1. The second-order valence-electron chi connectivity index (χ2n) is 15.4. The molecule has 6 heterocycles. The van der Waals surface area contributed by atoms with Gasteiger partial charge in [-0.3, -0.25) is 24.5 Å². The van der Waals surface area contributed by atoms with E-state index < -0.39 is 11.9 Å². The highest BCUT2D eigenvalue weighted by Crippen LogP contribution is 2.32. The Bertz CT molecular complexity index is 2000. The lowest BCUT2D eigenvalue weighted by Crippen LogP contribution is -2.52. The number of carbonyl (C=O) groups is 5. The first kappa shape index (κ1) is 36.4. The van der Waals surface area contributed by atoms with Gasteiger partial charge >= 0.3 is 6.03 Å². The van der Waals surface area contributed by atoms with E-state index in [-0.39, 0.29) is 41.9 Å². The molecule has 1 unspecified atom stereocenters. The van der Waals surface area contributed by atoms with Crippen molar-refractivity contribution in [3.8, 4) is 0 Å². The van der Waals surface area contributed by atoms with Gasteiger partial charge in [0.1, 0.15) is 11.9 Å². The van der Waals surface area contributed by atoms with E-state index in [1.165, 1.54) is 5.56 Å². The largest absolute Gasteiger partial charge is 0.364 e. The molecule has 4 fully saturated rings. The summed E-state index contributed by atoms with van der Waals surface area (Å²) in [6, 6.07) is 13.6. The molecule has 0 aliphatic carbocycles. The smallest absolute Gasteiger partial charge is 0.320 e. The van der Waals surface area contributed by atoms with Crippen molar-refractivity contribution < 1.29 is 24.0 Å². The first-order valence-corrected chi connectivity index (χ1v) is 19.4. The van der Waals surface area contributed by atoms with E-state index in [0.717, 1.165) is 88.2 Å². The van der Waals surface area contributed by atoms with Crippen molar-refractivity contribution >= 4 is 47.0 Å². The van der Waals surface area contributed by atoms with Gasteiger partial charge in [0.15, 0.2) is 11.5 Å². The summed E-state index contributed by atoms with van der Waals surface area (Å²) >= 11 is 0. The van der Waals surface area contributed by atoms with Crippen molar-refractivity contribution in [1.29, 1.82) is 0 Å². The zero-order chi connectivity index (χ0) is 38.2. The summed E-state index contributed by atoms with van der Waals surface area (Å²) in [4.78, 5) is 81.3. The van der Waals surface area contributed by atoms with Crippen molar-refractivity contribution in [2.45, 2.75) is 69.5 Å². The summed E-state index contributed by atoms with van der Waals surface area (Å²) in [5.41, 5.74) is 10.6. The van der Waals surface area contributed by atoms with Gasteiger partial charge in [-0.15, -0.1) is 0 Å². The van der Waals surface area contributed by atoms with E-state index in [1.807, 2.05) is 36.2 Å². The minimum atomic E-state index is -0.658. The lowest BCUT2D eigenvalue weighted by atomic mass is 9.91. The molecular weight excluding hydrogens is 701 g/mol. The Morgan fingerprint density at radius 3 is 2.53 bits per heavy atom. The van der Waals surface area contributed by atoms with Crippen LogP contribution in [0.5, 0.6) is 0 Å². The number of aromatic nitrogens is 2. The van der Waals surface area contributed by atoms with Gasteiger partial charge in [0.25, 0.3) is 11.8 Å². The first-order valence-electron chi connectivity index (χ1n) is 19.4. The van der Waals surface area contributed by atoms with Crippen LogP contribution in [-0.2, 0) is 22.6 Å². The van der Waals surface area contributed by atoms with Crippen LogP contribution in [0, 0.1) is 0 Å². The van der Waals surface area contributed by atoms with E-state index in [0.29, 0.717) is 42.6 Å². The number of anilines is 3. The summed E-state index contributed by atoms with van der Waals surface area (Å²) in [6.07, 6.45) is 6.97. The molecule has 15 nitrogen and oxygen atoms in total. The highest BCUT2D eigenvalue weighted by atomic mass is 16.2. The van der Waals surface area contributed by atoms with E-state index in [2.05, 4.69) is 43.6 Å². The summed E-state index contributed by atoms with van der Waals surface area (Å²) in [5, 5.41) is 5.65. The molecule has 2 aromatic carbocycles. The maximum absolute atomic E-state index is 13.2. The topological polar surface area (TPSA) is 177 Å².